The van der Waals surface area contributed by atoms with Crippen LogP contribution in [0, 0.1) is 0 Å². The Morgan fingerprint density at radius 1 is 0.737 bits per heavy atom. The molecule has 0 saturated carbocycles. The van der Waals surface area contributed by atoms with Crippen molar-refractivity contribution in [3.8, 4) is 28.4 Å². The van der Waals surface area contributed by atoms with Crippen molar-refractivity contribution in [2.24, 2.45) is 0 Å². The Balaban J connectivity index is 2.02. The first kappa shape index (κ1) is 28.0. The number of carboxylic acid groups (broad SMARTS) is 2. The lowest BCUT2D eigenvalue weighted by atomic mass is 9.86. The molecule has 0 radical (unpaired) electrons. The Labute approximate surface area is 217 Å². The molecule has 3 aromatic rings. The van der Waals surface area contributed by atoms with Crippen LogP contribution in [0.4, 0.5) is 13.2 Å². The van der Waals surface area contributed by atoms with E-state index in [1.54, 1.807) is 24.3 Å². The summed E-state index contributed by atoms with van der Waals surface area (Å²) in [6.07, 6.45) is -0.134. The number of carboxylic acids is 2. The Hall–Kier alpha value is -4.53. The number of hydrogen-bond acceptors (Lipinski definition) is 4. The molecule has 0 aromatic heterocycles. The molecule has 3 aromatic carbocycles. The zero-order valence-electron chi connectivity index (χ0n) is 20.7. The quantitative estimate of drug-likeness (QED) is 0.295. The minimum Gasteiger partial charge on any atom is -0.478 e. The highest BCUT2D eigenvalue weighted by atomic mass is 19.4. The van der Waals surface area contributed by atoms with Crippen LogP contribution in [-0.2, 0) is 15.0 Å². The van der Waals surface area contributed by atoms with Gasteiger partial charge in [-0.25, -0.2) is 9.59 Å². The molecular formula is C29H25F3O6. The number of hydrogen-bond donors (Lipinski definition) is 2. The van der Waals surface area contributed by atoms with E-state index in [0.29, 0.717) is 28.0 Å². The van der Waals surface area contributed by atoms with E-state index in [9.17, 15) is 22.8 Å². The lowest BCUT2D eigenvalue weighted by Gasteiger charge is -2.21. The van der Waals surface area contributed by atoms with Gasteiger partial charge in [-0.05, 0) is 70.7 Å². The molecule has 0 aliphatic carbocycles. The number of rotatable bonds is 8. The van der Waals surface area contributed by atoms with E-state index in [-0.39, 0.29) is 16.9 Å². The second-order valence-electron chi connectivity index (χ2n) is 9.27. The summed E-state index contributed by atoms with van der Waals surface area (Å²) in [5.41, 5.74) is 2.80. The van der Waals surface area contributed by atoms with Gasteiger partial charge in [0.15, 0.2) is 0 Å². The highest BCUT2D eigenvalue weighted by Gasteiger charge is 2.31. The SMILES string of the molecule is CC(C)(C)c1ccc(Oc2ccc(-c3ccc(OC(F)(F)F)cc3)cc2C=CC(=O)O)c(C=CC(=O)O)c1. The average Bonchev–Trinajstić information content (AvgIpc) is 2.81. The second kappa shape index (κ2) is 11.2. The summed E-state index contributed by atoms with van der Waals surface area (Å²) in [7, 11) is 0. The summed E-state index contributed by atoms with van der Waals surface area (Å²) in [5.74, 6) is -2.04. The van der Waals surface area contributed by atoms with E-state index in [1.807, 2.05) is 32.9 Å². The molecule has 0 spiro atoms. The lowest BCUT2D eigenvalue weighted by Crippen LogP contribution is -2.16. The predicted octanol–water partition coefficient (Wildman–Crippen LogP) is 7.54. The Bertz CT molecular complexity index is 1380. The molecule has 198 valence electrons. The zero-order chi connectivity index (χ0) is 28.1. The smallest absolute Gasteiger partial charge is 0.478 e. The lowest BCUT2D eigenvalue weighted by molar-refractivity contribution is -0.274. The number of benzene rings is 3. The van der Waals surface area contributed by atoms with Gasteiger partial charge < -0.3 is 19.7 Å². The maximum atomic E-state index is 12.5. The maximum absolute atomic E-state index is 12.5. The molecule has 0 saturated heterocycles. The van der Waals surface area contributed by atoms with Crippen molar-refractivity contribution >= 4 is 24.1 Å². The molecule has 9 heteroatoms. The molecule has 0 bridgehead atoms. The van der Waals surface area contributed by atoms with Crippen LogP contribution in [0.2, 0.25) is 0 Å². The normalized spacial score (nSPS) is 12.2. The van der Waals surface area contributed by atoms with Crippen LogP contribution < -0.4 is 9.47 Å². The van der Waals surface area contributed by atoms with Crippen molar-refractivity contribution in [2.45, 2.75) is 32.5 Å². The molecule has 0 atom stereocenters. The molecule has 38 heavy (non-hydrogen) atoms. The average molecular weight is 527 g/mol. The van der Waals surface area contributed by atoms with Crippen LogP contribution in [0.15, 0.2) is 72.8 Å². The maximum Gasteiger partial charge on any atom is 0.573 e. The van der Waals surface area contributed by atoms with Crippen LogP contribution in [0.5, 0.6) is 17.2 Å². The van der Waals surface area contributed by atoms with Crippen molar-refractivity contribution in [2.75, 3.05) is 0 Å². The van der Waals surface area contributed by atoms with E-state index in [1.165, 1.54) is 36.4 Å². The van der Waals surface area contributed by atoms with Gasteiger partial charge in [-0.15, -0.1) is 13.2 Å². The Kier molecular flexibility index (Phi) is 8.30. The van der Waals surface area contributed by atoms with Crippen molar-refractivity contribution in [3.63, 3.8) is 0 Å². The van der Waals surface area contributed by atoms with Gasteiger partial charge in [-0.1, -0.05) is 45.0 Å². The highest BCUT2D eigenvalue weighted by molar-refractivity contribution is 5.87. The molecule has 0 unspecified atom stereocenters. The first-order valence-corrected chi connectivity index (χ1v) is 11.4. The largest absolute Gasteiger partial charge is 0.573 e. The standard InChI is InChI=1S/C29H25F3O6/c1-28(2,3)22-9-13-25(21(17-22)8-15-27(35)36)37-24-12-6-19(16-20(24)7-14-26(33)34)18-4-10-23(11-5-18)38-29(30,31)32/h4-17H,1-3H3,(H,33,34)(H,35,36). The molecule has 3 rings (SSSR count). The topological polar surface area (TPSA) is 93.1 Å². The van der Waals surface area contributed by atoms with E-state index >= 15 is 0 Å². The van der Waals surface area contributed by atoms with E-state index in [4.69, 9.17) is 14.9 Å². The number of carbonyl (C=O) groups is 2. The van der Waals surface area contributed by atoms with Crippen molar-refractivity contribution < 1.29 is 42.4 Å². The molecule has 6 nitrogen and oxygen atoms in total. The monoisotopic (exact) mass is 526 g/mol. The van der Waals surface area contributed by atoms with Gasteiger partial charge >= 0.3 is 18.3 Å². The second-order valence-corrected chi connectivity index (χ2v) is 9.27. The fourth-order valence-corrected chi connectivity index (χ4v) is 3.48. The van der Waals surface area contributed by atoms with Crippen molar-refractivity contribution in [1.82, 2.24) is 0 Å². The minimum atomic E-state index is -4.81. The number of aliphatic carboxylic acids is 2. The van der Waals surface area contributed by atoms with E-state index in [2.05, 4.69) is 4.74 Å². The van der Waals surface area contributed by atoms with Gasteiger partial charge in [0, 0.05) is 23.3 Å². The summed E-state index contributed by atoms with van der Waals surface area (Å²) < 4.78 is 47.4. The van der Waals surface area contributed by atoms with Crippen LogP contribution in [-0.4, -0.2) is 28.5 Å². The molecule has 0 aliphatic rings. The van der Waals surface area contributed by atoms with E-state index in [0.717, 1.165) is 17.7 Å². The summed E-state index contributed by atoms with van der Waals surface area (Å²) in [6, 6.07) is 15.5. The minimum absolute atomic E-state index is 0.206. The van der Waals surface area contributed by atoms with Crippen LogP contribution >= 0.6 is 0 Å². The highest BCUT2D eigenvalue weighted by Crippen LogP contribution is 2.36. The van der Waals surface area contributed by atoms with Crippen molar-refractivity contribution in [1.29, 1.82) is 0 Å². The first-order chi connectivity index (χ1) is 17.7. The molecule has 0 amide bonds. The number of halogens is 3. The van der Waals surface area contributed by atoms with Gasteiger partial charge in [0.2, 0.25) is 0 Å². The Morgan fingerprint density at radius 3 is 1.74 bits per heavy atom. The van der Waals surface area contributed by atoms with Gasteiger partial charge in [0.05, 0.1) is 0 Å². The fraction of sp³-hybridized carbons (Fsp3) is 0.172. The summed E-state index contributed by atoms with van der Waals surface area (Å²) >= 11 is 0. The van der Waals surface area contributed by atoms with Gasteiger partial charge in [-0.2, -0.15) is 0 Å². The van der Waals surface area contributed by atoms with Crippen molar-refractivity contribution in [3.05, 3.63) is 89.5 Å². The van der Waals surface area contributed by atoms with Gasteiger partial charge in [0.1, 0.15) is 17.2 Å². The van der Waals surface area contributed by atoms with Crippen LogP contribution in [0.25, 0.3) is 23.3 Å². The third-order valence-electron chi connectivity index (χ3n) is 5.34. The first-order valence-electron chi connectivity index (χ1n) is 11.4. The molecule has 0 aliphatic heterocycles. The predicted molar refractivity (Wildman–Crippen MR) is 137 cm³/mol. The third-order valence-corrected chi connectivity index (χ3v) is 5.34. The van der Waals surface area contributed by atoms with Crippen LogP contribution in [0.3, 0.4) is 0 Å². The summed E-state index contributed by atoms with van der Waals surface area (Å²) in [4.78, 5) is 22.3. The van der Waals surface area contributed by atoms with Crippen LogP contribution in [0.1, 0.15) is 37.5 Å². The zero-order valence-corrected chi connectivity index (χ0v) is 20.7. The summed E-state index contributed by atoms with van der Waals surface area (Å²) in [6.45, 7) is 6.05. The Morgan fingerprint density at radius 2 is 1.24 bits per heavy atom. The molecule has 0 fully saturated rings. The van der Waals surface area contributed by atoms with Gasteiger partial charge in [0.25, 0.3) is 0 Å². The molecule has 2 N–H and O–H groups in total. The van der Waals surface area contributed by atoms with Gasteiger partial charge in [-0.3, -0.25) is 0 Å². The number of alkyl halides is 3. The molecular weight excluding hydrogens is 501 g/mol. The summed E-state index contributed by atoms with van der Waals surface area (Å²) in [5, 5.41) is 18.2. The molecule has 0 heterocycles. The number of ether oxygens (including phenoxy) is 2. The van der Waals surface area contributed by atoms with E-state index < -0.39 is 18.3 Å². The fourth-order valence-electron chi connectivity index (χ4n) is 3.48. The third kappa shape index (κ3) is 7.99.